The minimum Gasteiger partial charge on any atom is -0.477 e. The molecule has 64 valence electrons. The molecule has 11 heavy (non-hydrogen) atoms. The van der Waals surface area contributed by atoms with E-state index in [4.69, 9.17) is 4.74 Å². The van der Waals surface area contributed by atoms with Gasteiger partial charge >= 0.3 is 0 Å². The predicted octanol–water partition coefficient (Wildman–Crippen LogP) is 1.53. The Bertz CT molecular complexity index is 150. The SMILES string of the molecule is CCOC(/C=N\C(C)C)=N/C. The highest BCUT2D eigenvalue weighted by molar-refractivity contribution is 6.26. The van der Waals surface area contributed by atoms with Crippen LogP contribution in [0, 0.1) is 0 Å². The van der Waals surface area contributed by atoms with Crippen molar-refractivity contribution in [2.45, 2.75) is 26.8 Å². The van der Waals surface area contributed by atoms with Crippen molar-refractivity contribution >= 4 is 12.1 Å². The highest BCUT2D eigenvalue weighted by Gasteiger charge is 1.91. The standard InChI is InChI=1S/C8H16N2O/c1-5-11-8(9-4)6-10-7(2)3/h6-7H,5H2,1-4H3/b9-8+,10-6-. The summed E-state index contributed by atoms with van der Waals surface area (Å²) in [6, 6.07) is 0.298. The van der Waals surface area contributed by atoms with Crippen molar-refractivity contribution in [2.24, 2.45) is 9.98 Å². The van der Waals surface area contributed by atoms with Gasteiger partial charge in [0.05, 0.1) is 12.8 Å². The summed E-state index contributed by atoms with van der Waals surface area (Å²) in [5, 5.41) is 0. The van der Waals surface area contributed by atoms with Crippen LogP contribution >= 0.6 is 0 Å². The molecule has 0 aliphatic heterocycles. The maximum atomic E-state index is 5.14. The van der Waals surface area contributed by atoms with Crippen LogP contribution in [0.2, 0.25) is 0 Å². The third-order valence-corrected chi connectivity index (χ3v) is 0.996. The quantitative estimate of drug-likeness (QED) is 0.450. The molecule has 0 rings (SSSR count). The Hall–Kier alpha value is -0.860. The minimum absolute atomic E-state index is 0.298. The molecule has 0 amide bonds. The van der Waals surface area contributed by atoms with Crippen molar-refractivity contribution in [3.05, 3.63) is 0 Å². The number of nitrogens with zero attached hydrogens (tertiary/aromatic N) is 2. The number of hydrogen-bond acceptors (Lipinski definition) is 3. The molecule has 0 aromatic heterocycles. The molecule has 0 atom stereocenters. The molecule has 0 spiro atoms. The highest BCUT2D eigenvalue weighted by Crippen LogP contribution is 1.85. The van der Waals surface area contributed by atoms with Crippen LogP contribution in [0.3, 0.4) is 0 Å². The van der Waals surface area contributed by atoms with Crippen LogP contribution in [-0.4, -0.2) is 31.8 Å². The van der Waals surface area contributed by atoms with Gasteiger partial charge in [-0.15, -0.1) is 0 Å². The van der Waals surface area contributed by atoms with Crippen molar-refractivity contribution in [1.82, 2.24) is 0 Å². The van der Waals surface area contributed by atoms with Gasteiger partial charge in [0.15, 0.2) is 0 Å². The summed E-state index contributed by atoms with van der Waals surface area (Å²) in [5.74, 6) is 0.598. The normalized spacial score (nSPS) is 13.0. The lowest BCUT2D eigenvalue weighted by atomic mass is 10.4. The summed E-state index contributed by atoms with van der Waals surface area (Å²) in [6.45, 7) is 6.58. The van der Waals surface area contributed by atoms with Crippen LogP contribution in [0.15, 0.2) is 9.98 Å². The van der Waals surface area contributed by atoms with Gasteiger partial charge < -0.3 is 4.74 Å². The molecule has 0 aliphatic rings. The Morgan fingerprint density at radius 1 is 1.55 bits per heavy atom. The molecule has 0 unspecified atom stereocenters. The second-order valence-electron chi connectivity index (χ2n) is 2.37. The zero-order valence-electron chi connectivity index (χ0n) is 7.66. The van der Waals surface area contributed by atoms with E-state index in [1.54, 1.807) is 13.3 Å². The predicted molar refractivity (Wildman–Crippen MR) is 48.6 cm³/mol. The first kappa shape index (κ1) is 10.1. The molecule has 0 heterocycles. The Morgan fingerprint density at radius 2 is 2.18 bits per heavy atom. The van der Waals surface area contributed by atoms with E-state index in [1.807, 2.05) is 20.8 Å². The van der Waals surface area contributed by atoms with Gasteiger partial charge in [-0.25, -0.2) is 0 Å². The first-order valence-electron chi connectivity index (χ1n) is 3.83. The molecular weight excluding hydrogens is 140 g/mol. The van der Waals surface area contributed by atoms with E-state index in [0.29, 0.717) is 18.5 Å². The second kappa shape index (κ2) is 5.89. The van der Waals surface area contributed by atoms with Gasteiger partial charge in [0, 0.05) is 13.1 Å². The average Bonchev–Trinajstić information content (AvgIpc) is 1.97. The smallest absolute Gasteiger partial charge is 0.226 e. The van der Waals surface area contributed by atoms with Gasteiger partial charge in [-0.2, -0.15) is 0 Å². The molecule has 0 radical (unpaired) electrons. The highest BCUT2D eigenvalue weighted by atomic mass is 16.5. The van der Waals surface area contributed by atoms with Gasteiger partial charge in [-0.1, -0.05) is 0 Å². The zero-order valence-corrected chi connectivity index (χ0v) is 7.66. The molecule has 0 aromatic carbocycles. The average molecular weight is 156 g/mol. The third-order valence-electron chi connectivity index (χ3n) is 0.996. The molecule has 0 N–H and O–H groups in total. The Kier molecular flexibility index (Phi) is 5.43. The first-order chi connectivity index (χ1) is 5.20. The Balaban J connectivity index is 3.88. The zero-order chi connectivity index (χ0) is 8.69. The Labute approximate surface area is 68.2 Å². The topological polar surface area (TPSA) is 34.0 Å². The van der Waals surface area contributed by atoms with Crippen molar-refractivity contribution in [3.8, 4) is 0 Å². The molecular formula is C8H16N2O. The van der Waals surface area contributed by atoms with Gasteiger partial charge in [-0.3, -0.25) is 9.98 Å². The lowest BCUT2D eigenvalue weighted by Crippen LogP contribution is -2.07. The van der Waals surface area contributed by atoms with Crippen molar-refractivity contribution in [1.29, 1.82) is 0 Å². The number of rotatable bonds is 3. The van der Waals surface area contributed by atoms with Gasteiger partial charge in [-0.05, 0) is 20.8 Å². The van der Waals surface area contributed by atoms with Gasteiger partial charge in [0.2, 0.25) is 5.90 Å². The fourth-order valence-electron chi connectivity index (χ4n) is 0.520. The summed E-state index contributed by atoms with van der Waals surface area (Å²) in [7, 11) is 1.69. The van der Waals surface area contributed by atoms with E-state index >= 15 is 0 Å². The van der Waals surface area contributed by atoms with E-state index in [1.165, 1.54) is 0 Å². The fourth-order valence-corrected chi connectivity index (χ4v) is 0.520. The molecule has 0 fully saturated rings. The molecule has 0 aliphatic carbocycles. The molecule has 0 bridgehead atoms. The summed E-state index contributed by atoms with van der Waals surface area (Å²) in [4.78, 5) is 8.03. The number of hydrogen-bond donors (Lipinski definition) is 0. The molecule has 3 heteroatoms. The van der Waals surface area contributed by atoms with Crippen molar-refractivity contribution < 1.29 is 4.74 Å². The van der Waals surface area contributed by atoms with E-state index in [0.717, 1.165) is 0 Å². The van der Waals surface area contributed by atoms with Crippen LogP contribution in [0.1, 0.15) is 20.8 Å². The van der Waals surface area contributed by atoms with E-state index in [2.05, 4.69) is 9.98 Å². The molecule has 3 nitrogen and oxygen atoms in total. The van der Waals surface area contributed by atoms with E-state index in [9.17, 15) is 0 Å². The second-order valence-corrected chi connectivity index (χ2v) is 2.37. The third kappa shape index (κ3) is 5.58. The maximum absolute atomic E-state index is 5.14. The van der Waals surface area contributed by atoms with Crippen LogP contribution < -0.4 is 0 Å². The van der Waals surface area contributed by atoms with E-state index in [-0.39, 0.29) is 0 Å². The summed E-state index contributed by atoms with van der Waals surface area (Å²) in [5.41, 5.74) is 0. The minimum atomic E-state index is 0.298. The summed E-state index contributed by atoms with van der Waals surface area (Å²) < 4.78 is 5.14. The number of aliphatic imine (C=N–C) groups is 2. The van der Waals surface area contributed by atoms with Gasteiger partial charge in [0.1, 0.15) is 0 Å². The maximum Gasteiger partial charge on any atom is 0.226 e. The van der Waals surface area contributed by atoms with Crippen LogP contribution in [0.4, 0.5) is 0 Å². The first-order valence-corrected chi connectivity index (χ1v) is 3.83. The lowest BCUT2D eigenvalue weighted by molar-refractivity contribution is 0.334. The monoisotopic (exact) mass is 156 g/mol. The molecule has 0 saturated carbocycles. The molecule has 0 saturated heterocycles. The van der Waals surface area contributed by atoms with Crippen LogP contribution in [0.25, 0.3) is 0 Å². The summed E-state index contributed by atoms with van der Waals surface area (Å²) >= 11 is 0. The van der Waals surface area contributed by atoms with Crippen LogP contribution in [-0.2, 0) is 4.74 Å². The summed E-state index contributed by atoms with van der Waals surface area (Å²) in [6.07, 6.45) is 1.66. The van der Waals surface area contributed by atoms with E-state index < -0.39 is 0 Å². The van der Waals surface area contributed by atoms with Crippen molar-refractivity contribution in [3.63, 3.8) is 0 Å². The van der Waals surface area contributed by atoms with Crippen LogP contribution in [0.5, 0.6) is 0 Å². The number of ether oxygens (including phenoxy) is 1. The lowest BCUT2D eigenvalue weighted by Gasteiger charge is -2.00. The van der Waals surface area contributed by atoms with Crippen molar-refractivity contribution in [2.75, 3.05) is 13.7 Å². The molecule has 0 aromatic rings. The Morgan fingerprint density at radius 3 is 2.55 bits per heavy atom. The largest absolute Gasteiger partial charge is 0.477 e. The van der Waals surface area contributed by atoms with Gasteiger partial charge in [0.25, 0.3) is 0 Å². The fraction of sp³-hybridized carbons (Fsp3) is 0.750.